The van der Waals surface area contributed by atoms with Crippen molar-refractivity contribution < 1.29 is 4.79 Å². The smallest absolute Gasteiger partial charge is 0.257 e. The Balaban J connectivity index is 0.00000161. The van der Waals surface area contributed by atoms with Crippen LogP contribution in [0.25, 0.3) is 0 Å². The van der Waals surface area contributed by atoms with Crippen molar-refractivity contribution in [1.82, 2.24) is 20.2 Å². The fourth-order valence-corrected chi connectivity index (χ4v) is 3.28. The molecule has 116 valence electrons. The topological polar surface area (TPSA) is 58.1 Å². The molecule has 2 aliphatic heterocycles. The van der Waals surface area contributed by atoms with Crippen LogP contribution in [-0.2, 0) is 0 Å². The standard InChI is InChI=1S/C15H22N4O.ClH/c1-9(2)14-13(6-17-10(3)18-14)15(20)19-7-11-4-16-5-12(11)8-19;/h6,9,11-12,16H,4-5,7-8H2,1-3H3;1H/t11-,12+;. The number of likely N-dealkylation sites (tertiary alicyclic amines) is 1. The molecule has 2 saturated heterocycles. The Bertz CT molecular complexity index is 522. The number of hydrogen-bond acceptors (Lipinski definition) is 4. The average Bonchev–Trinajstić information content (AvgIpc) is 2.98. The Labute approximate surface area is 131 Å². The molecule has 6 heteroatoms. The van der Waals surface area contributed by atoms with E-state index >= 15 is 0 Å². The van der Waals surface area contributed by atoms with E-state index in [1.165, 1.54) is 0 Å². The van der Waals surface area contributed by atoms with Crippen LogP contribution >= 0.6 is 12.4 Å². The van der Waals surface area contributed by atoms with E-state index in [1.807, 2.05) is 11.8 Å². The van der Waals surface area contributed by atoms with E-state index in [1.54, 1.807) is 6.20 Å². The van der Waals surface area contributed by atoms with Crippen molar-refractivity contribution in [3.8, 4) is 0 Å². The van der Waals surface area contributed by atoms with E-state index in [-0.39, 0.29) is 24.2 Å². The summed E-state index contributed by atoms with van der Waals surface area (Å²) in [5.41, 5.74) is 1.55. The van der Waals surface area contributed by atoms with Gasteiger partial charge in [0.2, 0.25) is 0 Å². The summed E-state index contributed by atoms with van der Waals surface area (Å²) >= 11 is 0. The lowest BCUT2D eigenvalue weighted by molar-refractivity contribution is 0.0779. The number of carbonyl (C=O) groups excluding carboxylic acids is 1. The first-order valence-electron chi connectivity index (χ1n) is 7.39. The molecule has 0 bridgehead atoms. The van der Waals surface area contributed by atoms with E-state index in [9.17, 15) is 4.79 Å². The van der Waals surface area contributed by atoms with Gasteiger partial charge < -0.3 is 10.2 Å². The van der Waals surface area contributed by atoms with Crippen LogP contribution < -0.4 is 5.32 Å². The minimum absolute atomic E-state index is 0. The van der Waals surface area contributed by atoms with Gasteiger partial charge in [-0.05, 0) is 24.7 Å². The molecule has 2 atom stereocenters. The molecule has 1 aromatic rings. The molecule has 1 N–H and O–H groups in total. The van der Waals surface area contributed by atoms with Gasteiger partial charge in [0.15, 0.2) is 0 Å². The van der Waals surface area contributed by atoms with Crippen LogP contribution in [0.1, 0.15) is 41.6 Å². The van der Waals surface area contributed by atoms with Gasteiger partial charge in [0.1, 0.15) is 5.82 Å². The fraction of sp³-hybridized carbons (Fsp3) is 0.667. The molecule has 0 saturated carbocycles. The quantitative estimate of drug-likeness (QED) is 0.902. The Morgan fingerprint density at radius 3 is 2.52 bits per heavy atom. The van der Waals surface area contributed by atoms with E-state index in [0.29, 0.717) is 17.4 Å². The lowest BCUT2D eigenvalue weighted by atomic mass is 10.0. The third-order valence-corrected chi connectivity index (χ3v) is 4.39. The first-order chi connectivity index (χ1) is 9.56. The highest BCUT2D eigenvalue weighted by atomic mass is 35.5. The SMILES string of the molecule is Cc1ncc(C(=O)N2C[C@H]3CNC[C@H]3C2)c(C(C)C)n1.Cl. The second-order valence-electron chi connectivity index (χ2n) is 6.26. The maximum absolute atomic E-state index is 12.7. The number of amides is 1. The van der Waals surface area contributed by atoms with Crippen LogP contribution in [0, 0.1) is 18.8 Å². The van der Waals surface area contributed by atoms with Crippen LogP contribution in [-0.4, -0.2) is 47.0 Å². The number of nitrogens with one attached hydrogen (secondary N) is 1. The lowest BCUT2D eigenvalue weighted by Gasteiger charge is -2.20. The van der Waals surface area contributed by atoms with E-state index < -0.39 is 0 Å². The Morgan fingerprint density at radius 2 is 1.95 bits per heavy atom. The second kappa shape index (κ2) is 6.28. The van der Waals surface area contributed by atoms with E-state index in [4.69, 9.17) is 0 Å². The van der Waals surface area contributed by atoms with Crippen LogP contribution in [0.2, 0.25) is 0 Å². The highest BCUT2D eigenvalue weighted by Gasteiger charge is 2.38. The van der Waals surface area contributed by atoms with E-state index in [2.05, 4.69) is 29.1 Å². The van der Waals surface area contributed by atoms with Crippen molar-refractivity contribution in [1.29, 1.82) is 0 Å². The number of hydrogen-bond donors (Lipinski definition) is 1. The normalized spacial score (nSPS) is 24.1. The molecule has 0 radical (unpaired) electrons. The summed E-state index contributed by atoms with van der Waals surface area (Å²) in [5.74, 6) is 2.30. The van der Waals surface area contributed by atoms with Crippen molar-refractivity contribution in [2.45, 2.75) is 26.7 Å². The first-order valence-corrected chi connectivity index (χ1v) is 7.39. The first kappa shape index (κ1) is 16.2. The molecule has 5 nitrogen and oxygen atoms in total. The van der Waals surface area contributed by atoms with Crippen LogP contribution in [0.3, 0.4) is 0 Å². The molecule has 0 spiro atoms. The maximum atomic E-state index is 12.7. The summed E-state index contributed by atoms with van der Waals surface area (Å²) in [5, 5.41) is 3.40. The van der Waals surface area contributed by atoms with Crippen LogP contribution in [0.5, 0.6) is 0 Å². The predicted molar refractivity (Wildman–Crippen MR) is 83.9 cm³/mol. The molecular formula is C15H23ClN4O. The number of nitrogens with zero attached hydrogens (tertiary/aromatic N) is 3. The molecule has 2 fully saturated rings. The minimum atomic E-state index is 0. The van der Waals surface area contributed by atoms with Gasteiger partial charge in [0.05, 0.1) is 11.3 Å². The van der Waals surface area contributed by atoms with Crippen molar-refractivity contribution in [2.24, 2.45) is 11.8 Å². The molecule has 1 amide bonds. The number of aromatic nitrogens is 2. The van der Waals surface area contributed by atoms with Gasteiger partial charge in [-0.15, -0.1) is 12.4 Å². The Hall–Kier alpha value is -1.20. The number of rotatable bonds is 2. The van der Waals surface area contributed by atoms with Gasteiger partial charge in [-0.25, -0.2) is 9.97 Å². The van der Waals surface area contributed by atoms with Crippen molar-refractivity contribution in [3.05, 3.63) is 23.3 Å². The predicted octanol–water partition coefficient (Wildman–Crippen LogP) is 1.62. The number of aryl methyl sites for hydroxylation is 1. The van der Waals surface area contributed by atoms with Gasteiger partial charge in [0, 0.05) is 32.4 Å². The van der Waals surface area contributed by atoms with Gasteiger partial charge >= 0.3 is 0 Å². The molecular weight excluding hydrogens is 288 g/mol. The summed E-state index contributed by atoms with van der Waals surface area (Å²) in [4.78, 5) is 23.4. The molecule has 0 unspecified atom stereocenters. The molecule has 3 rings (SSSR count). The lowest BCUT2D eigenvalue weighted by Crippen LogP contribution is -2.33. The maximum Gasteiger partial charge on any atom is 0.257 e. The summed E-state index contributed by atoms with van der Waals surface area (Å²) in [6.07, 6.45) is 1.70. The highest BCUT2D eigenvalue weighted by molar-refractivity contribution is 5.95. The van der Waals surface area contributed by atoms with Gasteiger partial charge in [-0.1, -0.05) is 13.8 Å². The minimum Gasteiger partial charge on any atom is -0.338 e. The molecule has 2 aliphatic rings. The zero-order valence-corrected chi connectivity index (χ0v) is 13.6. The number of carbonyl (C=O) groups is 1. The fourth-order valence-electron chi connectivity index (χ4n) is 3.28. The summed E-state index contributed by atoms with van der Waals surface area (Å²) in [7, 11) is 0. The highest BCUT2D eigenvalue weighted by Crippen LogP contribution is 2.28. The number of halogens is 1. The second-order valence-corrected chi connectivity index (χ2v) is 6.26. The molecule has 21 heavy (non-hydrogen) atoms. The Morgan fingerprint density at radius 1 is 1.33 bits per heavy atom. The average molecular weight is 311 g/mol. The third-order valence-electron chi connectivity index (χ3n) is 4.39. The third kappa shape index (κ3) is 3.04. The number of fused-ring (bicyclic) bond motifs is 1. The van der Waals surface area contributed by atoms with Crippen LogP contribution in [0.4, 0.5) is 0 Å². The van der Waals surface area contributed by atoms with Crippen molar-refractivity contribution in [2.75, 3.05) is 26.2 Å². The largest absolute Gasteiger partial charge is 0.338 e. The van der Waals surface area contributed by atoms with Gasteiger partial charge in [-0.3, -0.25) is 4.79 Å². The van der Waals surface area contributed by atoms with E-state index in [0.717, 1.165) is 37.7 Å². The summed E-state index contributed by atoms with van der Waals surface area (Å²) in [6, 6.07) is 0. The zero-order valence-electron chi connectivity index (χ0n) is 12.8. The van der Waals surface area contributed by atoms with Crippen molar-refractivity contribution in [3.63, 3.8) is 0 Å². The zero-order chi connectivity index (χ0) is 14.3. The van der Waals surface area contributed by atoms with Gasteiger partial charge in [-0.2, -0.15) is 0 Å². The summed E-state index contributed by atoms with van der Waals surface area (Å²) < 4.78 is 0. The summed E-state index contributed by atoms with van der Waals surface area (Å²) in [6.45, 7) is 9.81. The molecule has 0 aromatic carbocycles. The molecule has 1 aromatic heterocycles. The molecule has 3 heterocycles. The monoisotopic (exact) mass is 310 g/mol. The van der Waals surface area contributed by atoms with Gasteiger partial charge in [0.25, 0.3) is 5.91 Å². The Kier molecular flexibility index (Phi) is 4.84. The van der Waals surface area contributed by atoms with Crippen LogP contribution in [0.15, 0.2) is 6.20 Å². The van der Waals surface area contributed by atoms with Crippen molar-refractivity contribution >= 4 is 18.3 Å². The molecule has 0 aliphatic carbocycles.